The molecule has 1 unspecified atom stereocenters. The van der Waals surface area contributed by atoms with E-state index in [0.717, 1.165) is 51.4 Å². The molecule has 1 aliphatic rings. The van der Waals surface area contributed by atoms with Gasteiger partial charge < -0.3 is 10.6 Å². The summed E-state index contributed by atoms with van der Waals surface area (Å²) in [5.74, 6) is 1.10. The van der Waals surface area contributed by atoms with Gasteiger partial charge in [0.1, 0.15) is 5.82 Å². The second kappa shape index (κ2) is 7.46. The summed E-state index contributed by atoms with van der Waals surface area (Å²) in [6.07, 6.45) is 5.32. The average Bonchev–Trinajstić information content (AvgIpc) is 2.47. The van der Waals surface area contributed by atoms with Crippen molar-refractivity contribution in [1.29, 1.82) is 0 Å². The standard InChI is InChI=1S/C15H26N4/c1-2-5-14(16)7-9-18-10-12-19(13-11-18)15-6-3-4-8-17-15/h3-4,6,8,14H,2,5,7,9-13,16H2,1H3. The zero-order valence-corrected chi connectivity index (χ0v) is 12.0. The van der Waals surface area contributed by atoms with E-state index in [0.29, 0.717) is 6.04 Å². The Morgan fingerprint density at radius 2 is 2.00 bits per heavy atom. The van der Waals surface area contributed by atoms with Crippen LogP contribution in [0.2, 0.25) is 0 Å². The van der Waals surface area contributed by atoms with Crippen LogP contribution in [0.4, 0.5) is 5.82 Å². The van der Waals surface area contributed by atoms with Gasteiger partial charge in [-0.15, -0.1) is 0 Å². The minimum atomic E-state index is 0.374. The normalized spacial score (nSPS) is 18.5. The van der Waals surface area contributed by atoms with Crippen molar-refractivity contribution in [3.05, 3.63) is 24.4 Å². The number of aromatic nitrogens is 1. The molecule has 1 aromatic heterocycles. The van der Waals surface area contributed by atoms with E-state index in [2.05, 4.69) is 33.8 Å². The molecule has 0 bridgehead atoms. The van der Waals surface area contributed by atoms with E-state index in [1.165, 1.54) is 6.42 Å². The van der Waals surface area contributed by atoms with Crippen molar-refractivity contribution in [1.82, 2.24) is 9.88 Å². The molecule has 1 saturated heterocycles. The van der Waals surface area contributed by atoms with E-state index in [4.69, 9.17) is 5.73 Å². The highest BCUT2D eigenvalue weighted by molar-refractivity contribution is 5.38. The first-order chi connectivity index (χ1) is 9.29. The summed E-state index contributed by atoms with van der Waals surface area (Å²) in [5.41, 5.74) is 6.07. The smallest absolute Gasteiger partial charge is 0.128 e. The first-order valence-electron chi connectivity index (χ1n) is 7.43. The van der Waals surface area contributed by atoms with Crippen molar-refractivity contribution in [2.45, 2.75) is 32.2 Å². The van der Waals surface area contributed by atoms with Crippen molar-refractivity contribution >= 4 is 5.82 Å². The Labute approximate surface area is 116 Å². The fraction of sp³-hybridized carbons (Fsp3) is 0.667. The zero-order valence-electron chi connectivity index (χ0n) is 12.0. The molecule has 0 spiro atoms. The van der Waals surface area contributed by atoms with Gasteiger partial charge in [0.2, 0.25) is 0 Å². The monoisotopic (exact) mass is 262 g/mol. The Morgan fingerprint density at radius 1 is 1.21 bits per heavy atom. The van der Waals surface area contributed by atoms with Crippen molar-refractivity contribution in [2.75, 3.05) is 37.6 Å². The third-order valence-corrected chi connectivity index (χ3v) is 3.82. The van der Waals surface area contributed by atoms with Crippen molar-refractivity contribution in [3.63, 3.8) is 0 Å². The Balaban J connectivity index is 1.71. The maximum atomic E-state index is 6.07. The number of anilines is 1. The van der Waals surface area contributed by atoms with Crippen LogP contribution in [0.15, 0.2) is 24.4 Å². The fourth-order valence-electron chi connectivity index (χ4n) is 2.60. The molecule has 1 aromatic rings. The van der Waals surface area contributed by atoms with Crippen LogP contribution in [0.25, 0.3) is 0 Å². The molecule has 4 nitrogen and oxygen atoms in total. The van der Waals surface area contributed by atoms with Crippen LogP contribution in [-0.4, -0.2) is 48.6 Å². The van der Waals surface area contributed by atoms with Crippen molar-refractivity contribution < 1.29 is 0 Å². The lowest BCUT2D eigenvalue weighted by molar-refractivity contribution is 0.246. The molecule has 19 heavy (non-hydrogen) atoms. The van der Waals surface area contributed by atoms with E-state index in [9.17, 15) is 0 Å². The molecule has 4 heteroatoms. The zero-order chi connectivity index (χ0) is 13.5. The Bertz CT molecular complexity index is 346. The van der Waals surface area contributed by atoms with Crippen LogP contribution < -0.4 is 10.6 Å². The summed E-state index contributed by atoms with van der Waals surface area (Å²) in [6.45, 7) is 7.72. The first kappa shape index (κ1) is 14.3. The quantitative estimate of drug-likeness (QED) is 0.848. The number of hydrogen-bond acceptors (Lipinski definition) is 4. The first-order valence-corrected chi connectivity index (χ1v) is 7.43. The number of rotatable bonds is 6. The summed E-state index contributed by atoms with van der Waals surface area (Å²) in [5, 5.41) is 0. The molecular weight excluding hydrogens is 236 g/mol. The molecule has 0 saturated carbocycles. The van der Waals surface area contributed by atoms with E-state index < -0.39 is 0 Å². The molecule has 2 N–H and O–H groups in total. The second-order valence-electron chi connectivity index (χ2n) is 5.35. The number of pyridine rings is 1. The van der Waals surface area contributed by atoms with E-state index >= 15 is 0 Å². The summed E-state index contributed by atoms with van der Waals surface area (Å²) in [4.78, 5) is 9.30. The van der Waals surface area contributed by atoms with E-state index in [1.54, 1.807) is 0 Å². The number of piperazine rings is 1. The molecule has 0 amide bonds. The highest BCUT2D eigenvalue weighted by atomic mass is 15.3. The maximum Gasteiger partial charge on any atom is 0.128 e. The van der Waals surface area contributed by atoms with Crippen LogP contribution in [0.5, 0.6) is 0 Å². The minimum absolute atomic E-state index is 0.374. The average molecular weight is 262 g/mol. The van der Waals surface area contributed by atoms with Gasteiger partial charge in [0.15, 0.2) is 0 Å². The Morgan fingerprint density at radius 3 is 2.63 bits per heavy atom. The van der Waals surface area contributed by atoms with Gasteiger partial charge in [-0.05, 0) is 31.5 Å². The molecule has 106 valence electrons. The summed E-state index contributed by atoms with van der Waals surface area (Å²) in [6, 6.07) is 6.49. The Hall–Kier alpha value is -1.13. The van der Waals surface area contributed by atoms with Gasteiger partial charge >= 0.3 is 0 Å². The molecule has 0 radical (unpaired) electrons. The van der Waals surface area contributed by atoms with Crippen molar-refractivity contribution in [2.24, 2.45) is 5.73 Å². The fourth-order valence-corrected chi connectivity index (χ4v) is 2.60. The summed E-state index contributed by atoms with van der Waals surface area (Å²) in [7, 11) is 0. The van der Waals surface area contributed by atoms with Crippen LogP contribution in [0, 0.1) is 0 Å². The minimum Gasteiger partial charge on any atom is -0.354 e. The predicted octanol–water partition coefficient (Wildman–Crippen LogP) is 1.72. The van der Waals surface area contributed by atoms with Crippen LogP contribution >= 0.6 is 0 Å². The highest BCUT2D eigenvalue weighted by Gasteiger charge is 2.17. The molecule has 1 aliphatic heterocycles. The SMILES string of the molecule is CCCC(N)CCN1CCN(c2ccccn2)CC1. The number of nitrogens with two attached hydrogens (primary N) is 1. The maximum absolute atomic E-state index is 6.07. The lowest BCUT2D eigenvalue weighted by Gasteiger charge is -2.35. The predicted molar refractivity (Wildman–Crippen MR) is 80.4 cm³/mol. The molecule has 2 rings (SSSR count). The highest BCUT2D eigenvalue weighted by Crippen LogP contribution is 2.13. The van der Waals surface area contributed by atoms with Gasteiger partial charge in [0, 0.05) is 38.4 Å². The summed E-state index contributed by atoms with van der Waals surface area (Å²) < 4.78 is 0. The number of hydrogen-bond donors (Lipinski definition) is 1. The van der Waals surface area contributed by atoms with Gasteiger partial charge in [-0.3, -0.25) is 4.90 Å². The Kier molecular flexibility index (Phi) is 5.61. The topological polar surface area (TPSA) is 45.4 Å². The second-order valence-corrected chi connectivity index (χ2v) is 5.35. The molecular formula is C15H26N4. The molecule has 1 atom stereocenters. The van der Waals surface area contributed by atoms with Crippen molar-refractivity contribution in [3.8, 4) is 0 Å². The summed E-state index contributed by atoms with van der Waals surface area (Å²) >= 11 is 0. The molecule has 1 fully saturated rings. The van der Waals surface area contributed by atoms with Gasteiger partial charge in [0.25, 0.3) is 0 Å². The van der Waals surface area contributed by atoms with Gasteiger partial charge in [0.05, 0.1) is 0 Å². The lowest BCUT2D eigenvalue weighted by Crippen LogP contribution is -2.47. The largest absolute Gasteiger partial charge is 0.354 e. The third kappa shape index (κ3) is 4.48. The van der Waals surface area contributed by atoms with E-state index in [-0.39, 0.29) is 0 Å². The van der Waals surface area contributed by atoms with Gasteiger partial charge in [-0.2, -0.15) is 0 Å². The van der Waals surface area contributed by atoms with E-state index in [1.807, 2.05) is 12.3 Å². The van der Waals surface area contributed by atoms with Gasteiger partial charge in [-0.1, -0.05) is 19.4 Å². The van der Waals surface area contributed by atoms with Crippen LogP contribution in [0.3, 0.4) is 0 Å². The molecule has 0 aromatic carbocycles. The molecule has 2 heterocycles. The van der Waals surface area contributed by atoms with Crippen LogP contribution in [-0.2, 0) is 0 Å². The molecule has 0 aliphatic carbocycles. The lowest BCUT2D eigenvalue weighted by atomic mass is 10.1. The van der Waals surface area contributed by atoms with Crippen LogP contribution in [0.1, 0.15) is 26.2 Å². The number of nitrogens with zero attached hydrogens (tertiary/aromatic N) is 3. The van der Waals surface area contributed by atoms with Gasteiger partial charge in [-0.25, -0.2) is 4.98 Å². The third-order valence-electron chi connectivity index (χ3n) is 3.82.